The minimum Gasteiger partial charge on any atom is -0.379 e. The second kappa shape index (κ2) is 5.67. The van der Waals surface area contributed by atoms with E-state index in [0.717, 1.165) is 0 Å². The molecule has 1 aliphatic rings. The molecule has 9 heteroatoms. The Morgan fingerprint density at radius 2 is 2.19 bits per heavy atom. The van der Waals surface area contributed by atoms with Crippen molar-refractivity contribution < 1.29 is 28.3 Å². The van der Waals surface area contributed by atoms with E-state index in [2.05, 4.69) is 4.52 Å². The molecule has 6 nitrogen and oxygen atoms in total. The van der Waals surface area contributed by atoms with Crippen LogP contribution in [0.2, 0.25) is 0 Å². The Bertz CT molecular complexity index is 272. The SMILES string of the molecule is [B][B][C@@H]1O[C@H](COP(=O)(O)O)[C@H](OC)C1C. The molecule has 1 aliphatic heterocycles. The minimum absolute atomic E-state index is 0.0142. The molecule has 0 bridgehead atoms. The van der Waals surface area contributed by atoms with Crippen LogP contribution in [0.1, 0.15) is 6.92 Å². The standard InChI is InChI=1S/C7H14B2O6P/c1-4-6(13-2)5(15-7(4)9-8)3-14-16(10,11)12/h4-7H,3H2,1-2H3,(H2,10,11,12)/t4?,5-,6-,7-/m1/s1. The molecule has 1 heterocycles. The van der Waals surface area contributed by atoms with E-state index in [1.54, 1.807) is 0 Å². The van der Waals surface area contributed by atoms with Gasteiger partial charge in [-0.3, -0.25) is 4.52 Å². The minimum atomic E-state index is -4.48. The highest BCUT2D eigenvalue weighted by atomic mass is 31.2. The van der Waals surface area contributed by atoms with Crippen molar-refractivity contribution in [3.05, 3.63) is 0 Å². The molecule has 1 saturated heterocycles. The van der Waals surface area contributed by atoms with Gasteiger partial charge in [-0.2, -0.15) is 0 Å². The molecule has 1 fully saturated rings. The average Bonchev–Trinajstić information content (AvgIpc) is 2.50. The second-order valence-electron chi connectivity index (χ2n) is 3.68. The maximum atomic E-state index is 10.6. The van der Waals surface area contributed by atoms with Gasteiger partial charge in [0.1, 0.15) is 6.10 Å². The number of phosphoric ester groups is 1. The predicted octanol–water partition coefficient (Wildman–Crippen LogP) is -0.741. The van der Waals surface area contributed by atoms with Gasteiger partial charge in [0, 0.05) is 26.8 Å². The van der Waals surface area contributed by atoms with Crippen LogP contribution in [0, 0.1) is 5.92 Å². The van der Waals surface area contributed by atoms with Crippen LogP contribution in [0.3, 0.4) is 0 Å². The average molecular weight is 247 g/mol. The summed E-state index contributed by atoms with van der Waals surface area (Å²) < 4.78 is 25.6. The molecule has 0 aromatic heterocycles. The zero-order valence-corrected chi connectivity index (χ0v) is 10.0. The summed E-state index contributed by atoms with van der Waals surface area (Å²) in [5, 5.41) is 0. The third-order valence-corrected chi connectivity index (χ3v) is 3.09. The number of ether oxygens (including phenoxy) is 2. The molecule has 0 aromatic rings. The molecule has 4 atom stereocenters. The van der Waals surface area contributed by atoms with Gasteiger partial charge in [0.15, 0.2) is 0 Å². The zero-order valence-electron chi connectivity index (χ0n) is 9.15. The molecule has 89 valence electrons. The lowest BCUT2D eigenvalue weighted by Crippen LogP contribution is -2.31. The van der Waals surface area contributed by atoms with Gasteiger partial charge >= 0.3 is 7.82 Å². The maximum absolute atomic E-state index is 10.6. The summed E-state index contributed by atoms with van der Waals surface area (Å²) in [5.74, 6) is 0.0142. The first-order valence-corrected chi connectivity index (χ1v) is 6.35. The Labute approximate surface area is 96.5 Å². The maximum Gasteiger partial charge on any atom is 0.469 e. The van der Waals surface area contributed by atoms with E-state index in [-0.39, 0.29) is 24.6 Å². The molecule has 1 unspecified atom stereocenters. The number of hydrogen-bond acceptors (Lipinski definition) is 4. The molecule has 1 rings (SSSR count). The molecular weight excluding hydrogens is 233 g/mol. The second-order valence-corrected chi connectivity index (χ2v) is 4.92. The summed E-state index contributed by atoms with van der Waals surface area (Å²) in [7, 11) is 3.81. The van der Waals surface area contributed by atoms with Gasteiger partial charge in [-0.15, -0.1) is 0 Å². The molecule has 16 heavy (non-hydrogen) atoms. The summed E-state index contributed by atoms with van der Waals surface area (Å²) in [6, 6.07) is -0.296. The smallest absolute Gasteiger partial charge is 0.379 e. The summed E-state index contributed by atoms with van der Waals surface area (Å²) >= 11 is 0. The van der Waals surface area contributed by atoms with Crippen LogP contribution in [0.25, 0.3) is 0 Å². The molecule has 2 N–H and O–H groups in total. The Kier molecular flexibility index (Phi) is 5.04. The first-order chi connectivity index (χ1) is 7.39. The third-order valence-electron chi connectivity index (χ3n) is 2.60. The first kappa shape index (κ1) is 14.2. The van der Waals surface area contributed by atoms with E-state index >= 15 is 0 Å². The van der Waals surface area contributed by atoms with Crippen molar-refractivity contribution in [2.45, 2.75) is 25.1 Å². The number of methoxy groups -OCH3 is 1. The molecule has 0 spiro atoms. The summed E-state index contributed by atoms with van der Waals surface area (Å²) in [5.41, 5.74) is 0. The summed E-state index contributed by atoms with van der Waals surface area (Å²) in [6.07, 6.45) is -0.825. The molecule has 0 aliphatic carbocycles. The van der Waals surface area contributed by atoms with Gasteiger partial charge in [0.25, 0.3) is 0 Å². The zero-order chi connectivity index (χ0) is 12.3. The highest BCUT2D eigenvalue weighted by molar-refractivity contribution is 7.46. The molecular formula is C7H14B2O6P. The fraction of sp³-hybridized carbons (Fsp3) is 1.00. The number of hydrogen-bond donors (Lipinski definition) is 2. The summed E-state index contributed by atoms with van der Waals surface area (Å²) in [6.45, 7) is 1.66. The normalized spacial score (nSPS) is 35.2. The number of rotatable bonds is 5. The van der Waals surface area contributed by atoms with Gasteiger partial charge in [-0.1, -0.05) is 6.92 Å². The van der Waals surface area contributed by atoms with Crippen LogP contribution in [-0.2, 0) is 18.6 Å². The van der Waals surface area contributed by atoms with Gasteiger partial charge in [0.05, 0.1) is 19.9 Å². The fourth-order valence-electron chi connectivity index (χ4n) is 1.82. The quantitative estimate of drug-likeness (QED) is 0.491. The first-order valence-electron chi connectivity index (χ1n) is 4.82. The van der Waals surface area contributed by atoms with Crippen LogP contribution >= 0.6 is 7.82 Å². The van der Waals surface area contributed by atoms with Crippen LogP contribution in [0.4, 0.5) is 0 Å². The van der Waals surface area contributed by atoms with E-state index in [0.29, 0.717) is 0 Å². The van der Waals surface area contributed by atoms with Crippen molar-refractivity contribution in [1.82, 2.24) is 0 Å². The fourth-order valence-corrected chi connectivity index (χ4v) is 2.16. The van der Waals surface area contributed by atoms with Crippen molar-refractivity contribution in [1.29, 1.82) is 0 Å². The van der Waals surface area contributed by atoms with E-state index in [1.165, 1.54) is 14.3 Å². The van der Waals surface area contributed by atoms with Gasteiger partial charge in [-0.25, -0.2) is 4.57 Å². The van der Waals surface area contributed by atoms with Crippen molar-refractivity contribution in [3.63, 3.8) is 0 Å². The largest absolute Gasteiger partial charge is 0.469 e. The predicted molar refractivity (Wildman–Crippen MR) is 58.1 cm³/mol. The Balaban J connectivity index is 2.56. The van der Waals surface area contributed by atoms with Crippen molar-refractivity contribution in [3.8, 4) is 0 Å². The monoisotopic (exact) mass is 247 g/mol. The van der Waals surface area contributed by atoms with E-state index in [1.807, 2.05) is 6.92 Å². The van der Waals surface area contributed by atoms with Gasteiger partial charge < -0.3 is 19.3 Å². The molecule has 0 aromatic carbocycles. The summed E-state index contributed by atoms with van der Waals surface area (Å²) in [4.78, 5) is 17.2. The molecule has 3 radical (unpaired) electrons. The van der Waals surface area contributed by atoms with E-state index < -0.39 is 13.9 Å². The highest BCUT2D eigenvalue weighted by Crippen LogP contribution is 2.38. The molecule has 0 saturated carbocycles. The molecule has 0 amide bonds. The van der Waals surface area contributed by atoms with Crippen LogP contribution < -0.4 is 0 Å². The number of phosphoric acid groups is 1. The van der Waals surface area contributed by atoms with Crippen LogP contribution in [0.5, 0.6) is 0 Å². The Morgan fingerprint density at radius 1 is 1.56 bits per heavy atom. The van der Waals surface area contributed by atoms with Crippen molar-refractivity contribution in [2.24, 2.45) is 5.92 Å². The van der Waals surface area contributed by atoms with E-state index in [4.69, 9.17) is 27.0 Å². The lowest BCUT2D eigenvalue weighted by Gasteiger charge is -2.19. The van der Waals surface area contributed by atoms with Crippen molar-refractivity contribution >= 4 is 22.7 Å². The van der Waals surface area contributed by atoms with E-state index in [9.17, 15) is 4.57 Å². The third kappa shape index (κ3) is 3.58. The van der Waals surface area contributed by atoms with Gasteiger partial charge in [-0.05, 0) is 0 Å². The van der Waals surface area contributed by atoms with Crippen molar-refractivity contribution in [2.75, 3.05) is 13.7 Å². The Hall–Kier alpha value is 0.160. The highest BCUT2D eigenvalue weighted by Gasteiger charge is 2.41. The van der Waals surface area contributed by atoms with Crippen LogP contribution in [-0.4, -0.2) is 56.6 Å². The Morgan fingerprint density at radius 3 is 2.62 bits per heavy atom. The lowest BCUT2D eigenvalue weighted by atomic mass is 9.49. The van der Waals surface area contributed by atoms with Gasteiger partial charge in [0.2, 0.25) is 0 Å². The topological polar surface area (TPSA) is 85.2 Å². The lowest BCUT2D eigenvalue weighted by molar-refractivity contribution is -0.0226. The van der Waals surface area contributed by atoms with Crippen LogP contribution in [0.15, 0.2) is 0 Å².